The van der Waals surface area contributed by atoms with E-state index in [1.807, 2.05) is 30.3 Å². The Morgan fingerprint density at radius 3 is 2.35 bits per heavy atom. The van der Waals surface area contributed by atoms with Crippen molar-refractivity contribution in [2.75, 3.05) is 32.8 Å². The second-order valence-corrected chi connectivity index (χ2v) is 7.96. The van der Waals surface area contributed by atoms with Gasteiger partial charge in [0.2, 0.25) is 5.91 Å². The van der Waals surface area contributed by atoms with Crippen molar-refractivity contribution in [3.63, 3.8) is 0 Å². The summed E-state index contributed by atoms with van der Waals surface area (Å²) in [6, 6.07) is 22.7. The first-order valence-electron chi connectivity index (χ1n) is 11.1. The molecule has 1 amide bonds. The monoisotopic (exact) mass is 414 g/mol. The molecule has 1 fully saturated rings. The highest BCUT2D eigenvalue weighted by molar-refractivity contribution is 6.01. The first kappa shape index (κ1) is 21.3. The quantitative estimate of drug-likeness (QED) is 0.617. The number of rotatable bonds is 7. The van der Waals surface area contributed by atoms with E-state index in [0.29, 0.717) is 5.56 Å². The number of ether oxygens (including phenoxy) is 1. The van der Waals surface area contributed by atoms with Gasteiger partial charge in [-0.15, -0.1) is 0 Å². The van der Waals surface area contributed by atoms with Crippen molar-refractivity contribution in [1.29, 1.82) is 0 Å². The lowest BCUT2D eigenvalue weighted by atomic mass is 9.84. The van der Waals surface area contributed by atoms with E-state index in [4.69, 9.17) is 10.5 Å². The zero-order valence-corrected chi connectivity index (χ0v) is 18.1. The van der Waals surface area contributed by atoms with Crippen LogP contribution >= 0.6 is 0 Å². The van der Waals surface area contributed by atoms with Gasteiger partial charge in [0.05, 0.1) is 13.2 Å². The van der Waals surface area contributed by atoms with Crippen molar-refractivity contribution >= 4 is 5.91 Å². The number of amides is 1. The van der Waals surface area contributed by atoms with Gasteiger partial charge in [-0.05, 0) is 52.3 Å². The largest absolute Gasteiger partial charge is 0.379 e. The minimum absolute atomic E-state index is 0.387. The van der Waals surface area contributed by atoms with E-state index in [1.54, 1.807) is 0 Å². The Kier molecular flexibility index (Phi) is 6.80. The number of carbonyl (C=O) groups is 1. The first-order chi connectivity index (χ1) is 15.2. The molecule has 3 aromatic carbocycles. The zero-order chi connectivity index (χ0) is 21.6. The van der Waals surface area contributed by atoms with Gasteiger partial charge >= 0.3 is 0 Å². The molecule has 0 saturated carbocycles. The first-order valence-corrected chi connectivity index (χ1v) is 11.1. The summed E-state index contributed by atoms with van der Waals surface area (Å²) in [5, 5.41) is 0. The van der Waals surface area contributed by atoms with E-state index in [2.05, 4.69) is 48.2 Å². The van der Waals surface area contributed by atoms with Crippen LogP contribution in [0.3, 0.4) is 0 Å². The Hall–Kier alpha value is -2.95. The van der Waals surface area contributed by atoms with Crippen LogP contribution in [0.15, 0.2) is 66.7 Å². The van der Waals surface area contributed by atoms with Crippen molar-refractivity contribution in [2.24, 2.45) is 5.73 Å². The number of hydrogen-bond donors (Lipinski definition) is 1. The molecule has 3 aromatic rings. The molecule has 4 nitrogen and oxygen atoms in total. The van der Waals surface area contributed by atoms with Gasteiger partial charge in [0.1, 0.15) is 0 Å². The number of primary amides is 1. The van der Waals surface area contributed by atoms with Crippen LogP contribution in [0.1, 0.15) is 28.4 Å². The molecule has 0 unspecified atom stereocenters. The lowest BCUT2D eigenvalue weighted by Crippen LogP contribution is -2.37. The predicted molar refractivity (Wildman–Crippen MR) is 126 cm³/mol. The van der Waals surface area contributed by atoms with Gasteiger partial charge in [-0.25, -0.2) is 0 Å². The topological polar surface area (TPSA) is 55.6 Å². The molecule has 31 heavy (non-hydrogen) atoms. The number of nitrogens with zero attached hydrogens (tertiary/aromatic N) is 1. The van der Waals surface area contributed by atoms with Crippen molar-refractivity contribution in [3.05, 3.63) is 83.4 Å². The molecule has 4 heteroatoms. The summed E-state index contributed by atoms with van der Waals surface area (Å²) in [4.78, 5) is 14.7. The average molecular weight is 415 g/mol. The van der Waals surface area contributed by atoms with E-state index in [9.17, 15) is 4.79 Å². The summed E-state index contributed by atoms with van der Waals surface area (Å²) in [7, 11) is 0. The summed E-state index contributed by atoms with van der Waals surface area (Å²) in [5.41, 5.74) is 13.4. The summed E-state index contributed by atoms with van der Waals surface area (Å²) in [5.74, 6) is -0.387. The molecule has 1 aliphatic heterocycles. The molecule has 1 saturated heterocycles. The third kappa shape index (κ3) is 4.71. The lowest BCUT2D eigenvalue weighted by Gasteiger charge is -2.27. The van der Waals surface area contributed by atoms with Crippen molar-refractivity contribution in [3.8, 4) is 22.3 Å². The summed E-state index contributed by atoms with van der Waals surface area (Å²) >= 11 is 0. The maximum absolute atomic E-state index is 12.3. The Morgan fingerprint density at radius 2 is 1.65 bits per heavy atom. The minimum atomic E-state index is -0.387. The SMILES string of the molecule is CCc1c(-c2ccccc2)ccc(CCN2CCOCC2)c1-c1ccccc1C(N)=O. The average Bonchev–Trinajstić information content (AvgIpc) is 2.83. The molecular weight excluding hydrogens is 384 g/mol. The standard InChI is InChI=1S/C27H30N2O2/c1-2-22-23(20-8-4-3-5-9-20)13-12-21(14-15-29-16-18-31-19-17-29)26(22)24-10-6-7-11-25(24)27(28)30/h3-13H,2,14-19H2,1H3,(H2,28,30). The summed E-state index contributed by atoms with van der Waals surface area (Å²) < 4.78 is 5.50. The fourth-order valence-electron chi connectivity index (χ4n) is 4.51. The normalized spacial score (nSPS) is 14.5. The van der Waals surface area contributed by atoms with Gasteiger partial charge in [0.15, 0.2) is 0 Å². The van der Waals surface area contributed by atoms with Crippen LogP contribution in [0, 0.1) is 0 Å². The van der Waals surface area contributed by atoms with E-state index in [0.717, 1.165) is 56.8 Å². The van der Waals surface area contributed by atoms with Crippen molar-refractivity contribution < 1.29 is 9.53 Å². The second kappa shape index (κ2) is 9.90. The molecule has 0 bridgehead atoms. The summed E-state index contributed by atoms with van der Waals surface area (Å²) in [6.07, 6.45) is 1.79. The lowest BCUT2D eigenvalue weighted by molar-refractivity contribution is 0.0384. The number of morpholine rings is 1. The molecule has 0 spiro atoms. The number of hydrogen-bond acceptors (Lipinski definition) is 3. The molecule has 4 rings (SSSR count). The van der Waals surface area contributed by atoms with Crippen LogP contribution in [0.2, 0.25) is 0 Å². The van der Waals surface area contributed by atoms with Crippen LogP contribution in [0.5, 0.6) is 0 Å². The highest BCUT2D eigenvalue weighted by atomic mass is 16.5. The Labute approximate surface area is 184 Å². The third-order valence-electron chi connectivity index (χ3n) is 6.10. The van der Waals surface area contributed by atoms with Gasteiger partial charge in [-0.2, -0.15) is 0 Å². The smallest absolute Gasteiger partial charge is 0.249 e. The minimum Gasteiger partial charge on any atom is -0.379 e. The maximum Gasteiger partial charge on any atom is 0.249 e. The number of benzene rings is 3. The number of carbonyl (C=O) groups excluding carboxylic acids is 1. The van der Waals surface area contributed by atoms with Crippen LogP contribution in [-0.4, -0.2) is 43.7 Å². The molecule has 1 aliphatic rings. The molecule has 2 N–H and O–H groups in total. The van der Waals surface area contributed by atoms with E-state index in [1.165, 1.54) is 22.3 Å². The van der Waals surface area contributed by atoms with Gasteiger partial charge < -0.3 is 10.5 Å². The van der Waals surface area contributed by atoms with Crippen molar-refractivity contribution in [2.45, 2.75) is 19.8 Å². The molecule has 1 heterocycles. The maximum atomic E-state index is 12.3. The zero-order valence-electron chi connectivity index (χ0n) is 18.1. The van der Waals surface area contributed by atoms with Crippen LogP contribution in [-0.2, 0) is 17.6 Å². The highest BCUT2D eigenvalue weighted by Gasteiger charge is 2.20. The van der Waals surface area contributed by atoms with Gasteiger partial charge in [-0.1, -0.05) is 67.6 Å². The van der Waals surface area contributed by atoms with E-state index < -0.39 is 0 Å². The molecule has 160 valence electrons. The Balaban J connectivity index is 1.84. The van der Waals surface area contributed by atoms with E-state index in [-0.39, 0.29) is 5.91 Å². The molecule has 0 aliphatic carbocycles. The molecule has 0 aromatic heterocycles. The Morgan fingerprint density at radius 1 is 0.935 bits per heavy atom. The van der Waals surface area contributed by atoms with Crippen LogP contribution < -0.4 is 5.73 Å². The highest BCUT2D eigenvalue weighted by Crippen LogP contribution is 2.37. The van der Waals surface area contributed by atoms with Gasteiger partial charge in [0.25, 0.3) is 0 Å². The number of nitrogens with two attached hydrogens (primary N) is 1. The third-order valence-corrected chi connectivity index (χ3v) is 6.10. The van der Waals surface area contributed by atoms with Crippen LogP contribution in [0.4, 0.5) is 0 Å². The molecule has 0 atom stereocenters. The summed E-state index contributed by atoms with van der Waals surface area (Å²) in [6.45, 7) is 6.69. The van der Waals surface area contributed by atoms with Crippen LogP contribution in [0.25, 0.3) is 22.3 Å². The molecular formula is C27H30N2O2. The molecule has 0 radical (unpaired) electrons. The van der Waals surface area contributed by atoms with E-state index >= 15 is 0 Å². The fourth-order valence-corrected chi connectivity index (χ4v) is 4.51. The van der Waals surface area contributed by atoms with Crippen molar-refractivity contribution in [1.82, 2.24) is 4.90 Å². The fraction of sp³-hybridized carbons (Fsp3) is 0.296. The van der Waals surface area contributed by atoms with Gasteiger partial charge in [-0.3, -0.25) is 9.69 Å². The van der Waals surface area contributed by atoms with Gasteiger partial charge in [0, 0.05) is 25.2 Å². The predicted octanol–water partition coefficient (Wildman–Crippen LogP) is 4.56. The Bertz CT molecular complexity index is 1040. The second-order valence-electron chi connectivity index (χ2n) is 7.96.